The van der Waals surface area contributed by atoms with Crippen LogP contribution < -0.4 is 16.4 Å². The van der Waals surface area contributed by atoms with Gasteiger partial charge in [0, 0.05) is 16.8 Å². The van der Waals surface area contributed by atoms with Crippen LogP contribution in [0.15, 0.2) is 18.2 Å². The molecule has 0 saturated carbocycles. The summed E-state index contributed by atoms with van der Waals surface area (Å²) in [6.07, 6.45) is 0.821. The van der Waals surface area contributed by atoms with E-state index in [4.69, 9.17) is 18.0 Å². The van der Waals surface area contributed by atoms with Gasteiger partial charge in [0.25, 0.3) is 5.91 Å². The van der Waals surface area contributed by atoms with Crippen LogP contribution in [-0.4, -0.2) is 16.6 Å². The molecule has 1 amide bonds. The number of nitrogens with one attached hydrogen (secondary N) is 2. The molecule has 0 aliphatic carbocycles. The maximum atomic E-state index is 11.9. The highest BCUT2D eigenvalue weighted by Gasteiger charge is 2.29. The summed E-state index contributed by atoms with van der Waals surface area (Å²) in [5.74, 6) is -0.0529. The van der Waals surface area contributed by atoms with Crippen LogP contribution in [0.3, 0.4) is 0 Å². The zero-order chi connectivity index (χ0) is 12.6. The SMILES string of the molecule is CC1(C)Cc2ccc(NC(N)=S)cc2C(=O)N1. The maximum absolute atomic E-state index is 11.9. The summed E-state index contributed by atoms with van der Waals surface area (Å²) in [5.41, 5.74) is 7.68. The van der Waals surface area contributed by atoms with Crippen molar-refractivity contribution in [3.05, 3.63) is 29.3 Å². The quantitative estimate of drug-likeness (QED) is 0.658. The number of benzene rings is 1. The lowest BCUT2D eigenvalue weighted by molar-refractivity contribution is 0.0897. The number of carbonyl (C=O) groups is 1. The lowest BCUT2D eigenvalue weighted by Crippen LogP contribution is -2.49. The molecule has 90 valence electrons. The molecule has 0 bridgehead atoms. The first-order chi connectivity index (χ1) is 7.87. The van der Waals surface area contributed by atoms with E-state index in [1.807, 2.05) is 26.0 Å². The second-order valence-corrected chi connectivity index (χ2v) is 5.32. The minimum absolute atomic E-state index is 0.0529. The average molecular weight is 249 g/mol. The van der Waals surface area contributed by atoms with Crippen molar-refractivity contribution in [3.8, 4) is 0 Å². The van der Waals surface area contributed by atoms with Gasteiger partial charge >= 0.3 is 0 Å². The second kappa shape index (κ2) is 4.00. The van der Waals surface area contributed by atoms with Gasteiger partial charge in [-0.2, -0.15) is 0 Å². The zero-order valence-electron chi connectivity index (χ0n) is 9.83. The molecule has 1 heterocycles. The molecule has 2 rings (SSSR count). The standard InChI is InChI=1S/C12H15N3OS/c1-12(2)6-7-3-4-8(14-11(13)17)5-9(7)10(16)15-12/h3-5H,6H2,1-2H3,(H,15,16)(H3,13,14,17). The van der Waals surface area contributed by atoms with E-state index < -0.39 is 0 Å². The lowest BCUT2D eigenvalue weighted by atomic mass is 9.87. The van der Waals surface area contributed by atoms with E-state index in [1.165, 1.54) is 0 Å². The highest BCUT2D eigenvalue weighted by Crippen LogP contribution is 2.25. The molecule has 5 heteroatoms. The minimum Gasteiger partial charge on any atom is -0.376 e. The predicted octanol–water partition coefficient (Wildman–Crippen LogP) is 1.41. The fraction of sp³-hybridized carbons (Fsp3) is 0.333. The van der Waals surface area contributed by atoms with Gasteiger partial charge in [0.15, 0.2) is 5.11 Å². The number of amides is 1. The molecule has 0 unspecified atom stereocenters. The van der Waals surface area contributed by atoms with Crippen LogP contribution in [0, 0.1) is 0 Å². The molecule has 1 aliphatic rings. The van der Waals surface area contributed by atoms with Crippen molar-refractivity contribution in [2.45, 2.75) is 25.8 Å². The smallest absolute Gasteiger partial charge is 0.252 e. The van der Waals surface area contributed by atoms with E-state index >= 15 is 0 Å². The molecule has 4 N–H and O–H groups in total. The lowest BCUT2D eigenvalue weighted by Gasteiger charge is -2.32. The van der Waals surface area contributed by atoms with E-state index in [-0.39, 0.29) is 16.6 Å². The maximum Gasteiger partial charge on any atom is 0.252 e. The van der Waals surface area contributed by atoms with E-state index in [9.17, 15) is 4.79 Å². The van der Waals surface area contributed by atoms with Crippen LogP contribution >= 0.6 is 12.2 Å². The average Bonchev–Trinajstić information content (AvgIpc) is 2.16. The molecule has 17 heavy (non-hydrogen) atoms. The van der Waals surface area contributed by atoms with Crippen LogP contribution in [0.2, 0.25) is 0 Å². The van der Waals surface area contributed by atoms with Crippen molar-refractivity contribution in [3.63, 3.8) is 0 Å². The Morgan fingerprint density at radius 3 is 2.88 bits per heavy atom. The summed E-state index contributed by atoms with van der Waals surface area (Å²) in [6, 6.07) is 5.60. The van der Waals surface area contributed by atoms with Crippen molar-refractivity contribution in [2.24, 2.45) is 5.73 Å². The molecule has 1 aromatic rings. The van der Waals surface area contributed by atoms with Gasteiger partial charge in [0.1, 0.15) is 0 Å². The van der Waals surface area contributed by atoms with Gasteiger partial charge < -0.3 is 16.4 Å². The first-order valence-corrected chi connectivity index (χ1v) is 5.80. The van der Waals surface area contributed by atoms with Crippen LogP contribution in [0.25, 0.3) is 0 Å². The van der Waals surface area contributed by atoms with Gasteiger partial charge in [-0.05, 0) is 50.2 Å². The molecule has 0 atom stereocenters. The van der Waals surface area contributed by atoms with Crippen molar-refractivity contribution >= 4 is 28.9 Å². The Kier molecular flexibility index (Phi) is 2.79. The van der Waals surface area contributed by atoms with E-state index in [0.29, 0.717) is 5.56 Å². The summed E-state index contributed by atoms with van der Waals surface area (Å²) in [6.45, 7) is 4.02. The second-order valence-electron chi connectivity index (χ2n) is 4.88. The van der Waals surface area contributed by atoms with Crippen LogP contribution in [0.4, 0.5) is 5.69 Å². The van der Waals surface area contributed by atoms with Gasteiger partial charge in [-0.15, -0.1) is 0 Å². The molecule has 4 nitrogen and oxygen atoms in total. The molecule has 0 radical (unpaired) electrons. The van der Waals surface area contributed by atoms with Crippen molar-refractivity contribution in [1.82, 2.24) is 5.32 Å². The Morgan fingerprint density at radius 1 is 1.53 bits per heavy atom. The zero-order valence-corrected chi connectivity index (χ0v) is 10.6. The fourth-order valence-electron chi connectivity index (χ4n) is 2.06. The molecular formula is C12H15N3OS. The largest absolute Gasteiger partial charge is 0.376 e. The Balaban J connectivity index is 2.37. The van der Waals surface area contributed by atoms with E-state index in [2.05, 4.69) is 10.6 Å². The van der Waals surface area contributed by atoms with Gasteiger partial charge in [0.05, 0.1) is 0 Å². The van der Waals surface area contributed by atoms with Crippen LogP contribution in [-0.2, 0) is 6.42 Å². The highest BCUT2D eigenvalue weighted by molar-refractivity contribution is 7.80. The fourth-order valence-corrected chi connectivity index (χ4v) is 2.17. The van der Waals surface area contributed by atoms with Crippen molar-refractivity contribution in [2.75, 3.05) is 5.32 Å². The number of hydrogen-bond donors (Lipinski definition) is 3. The van der Waals surface area contributed by atoms with E-state index in [1.54, 1.807) is 6.07 Å². The Labute approximate surface area is 106 Å². The molecule has 1 aromatic carbocycles. The Bertz CT molecular complexity index is 497. The molecule has 1 aliphatic heterocycles. The summed E-state index contributed by atoms with van der Waals surface area (Å²) >= 11 is 4.76. The number of anilines is 1. The first kappa shape index (κ1) is 11.9. The van der Waals surface area contributed by atoms with Crippen molar-refractivity contribution in [1.29, 1.82) is 0 Å². The van der Waals surface area contributed by atoms with Crippen LogP contribution in [0.5, 0.6) is 0 Å². The summed E-state index contributed by atoms with van der Waals surface area (Å²) in [5, 5.41) is 5.98. The molecule has 0 saturated heterocycles. The third-order valence-corrected chi connectivity index (χ3v) is 2.81. The number of nitrogens with two attached hydrogens (primary N) is 1. The normalized spacial score (nSPS) is 16.9. The minimum atomic E-state index is -0.192. The Hall–Kier alpha value is -1.62. The summed E-state index contributed by atoms with van der Waals surface area (Å²) < 4.78 is 0. The van der Waals surface area contributed by atoms with Gasteiger partial charge in [-0.25, -0.2) is 0 Å². The molecule has 0 fully saturated rings. The van der Waals surface area contributed by atoms with Crippen molar-refractivity contribution < 1.29 is 4.79 Å². The Morgan fingerprint density at radius 2 is 2.24 bits per heavy atom. The number of hydrogen-bond acceptors (Lipinski definition) is 2. The monoisotopic (exact) mass is 249 g/mol. The number of fused-ring (bicyclic) bond motifs is 1. The molecule has 0 aromatic heterocycles. The third kappa shape index (κ3) is 2.55. The van der Waals surface area contributed by atoms with Gasteiger partial charge in [0.2, 0.25) is 0 Å². The molecule has 0 spiro atoms. The van der Waals surface area contributed by atoms with E-state index in [0.717, 1.165) is 17.7 Å². The van der Waals surface area contributed by atoms with Crippen LogP contribution in [0.1, 0.15) is 29.8 Å². The van der Waals surface area contributed by atoms with Gasteiger partial charge in [-0.3, -0.25) is 4.79 Å². The first-order valence-electron chi connectivity index (χ1n) is 5.39. The molecular weight excluding hydrogens is 234 g/mol. The number of rotatable bonds is 1. The predicted molar refractivity (Wildman–Crippen MR) is 72.1 cm³/mol. The third-order valence-electron chi connectivity index (χ3n) is 2.71. The topological polar surface area (TPSA) is 67.1 Å². The number of carbonyl (C=O) groups excluding carboxylic acids is 1. The number of thiocarbonyl (C=S) groups is 1. The summed E-state index contributed by atoms with van der Waals surface area (Å²) in [4.78, 5) is 11.9. The summed E-state index contributed by atoms with van der Waals surface area (Å²) in [7, 11) is 0. The highest BCUT2D eigenvalue weighted by atomic mass is 32.1. The van der Waals surface area contributed by atoms with Gasteiger partial charge in [-0.1, -0.05) is 6.07 Å².